The number of halogens is 2. The quantitative estimate of drug-likeness (QED) is 0.212. The third kappa shape index (κ3) is 10.5. The van der Waals surface area contributed by atoms with E-state index in [1.807, 2.05) is 30.3 Å². The molecule has 0 saturated carbocycles. The average molecular weight is 636 g/mol. The van der Waals surface area contributed by atoms with Gasteiger partial charge in [0, 0.05) is 18.8 Å². The second-order valence-corrected chi connectivity index (χ2v) is 11.0. The molecule has 0 spiro atoms. The van der Waals surface area contributed by atoms with Crippen molar-refractivity contribution in [1.29, 1.82) is 0 Å². The molecule has 3 rings (SSSR count). The molecule has 3 aromatic rings. The van der Waals surface area contributed by atoms with Gasteiger partial charge < -0.3 is 15.7 Å². The van der Waals surface area contributed by atoms with Crippen molar-refractivity contribution in [1.82, 2.24) is 30.8 Å². The molecule has 2 aromatic carbocycles. The monoisotopic (exact) mass is 634 g/mol. The first-order chi connectivity index (χ1) is 20.0. The van der Waals surface area contributed by atoms with Crippen LogP contribution >= 0.6 is 35.0 Å². The fraction of sp³-hybridized carbons (Fsp3) is 0.333. The Morgan fingerprint density at radius 2 is 1.64 bits per heavy atom. The molecule has 2 amide bonds. The molecular formula is C27H28Cl2N6O6S. The number of Topliss-reactive ketones (excluding diaryl/α,β-unsaturated/α-hetero) is 2. The second-order valence-electron chi connectivity index (χ2n) is 9.24. The lowest BCUT2D eigenvalue weighted by molar-refractivity contribution is -0.141. The molecule has 1 aromatic heterocycles. The minimum Gasteiger partial charge on any atom is -0.481 e. The lowest BCUT2D eigenvalue weighted by Gasteiger charge is -2.17. The molecule has 0 bridgehead atoms. The number of nitrogens with zero attached hydrogens (tertiary/aromatic N) is 4. The highest BCUT2D eigenvalue weighted by Gasteiger charge is 2.28. The molecule has 3 N–H and O–H groups in total. The van der Waals surface area contributed by atoms with E-state index in [1.54, 1.807) is 18.2 Å². The number of ketones is 2. The smallest absolute Gasteiger partial charge is 0.304 e. The summed E-state index contributed by atoms with van der Waals surface area (Å²) in [4.78, 5) is 62.9. The predicted octanol–water partition coefficient (Wildman–Crippen LogP) is 3.00. The summed E-state index contributed by atoms with van der Waals surface area (Å²) in [5, 5.41) is 27.0. The van der Waals surface area contributed by atoms with Crippen molar-refractivity contribution in [3.63, 3.8) is 0 Å². The second kappa shape index (κ2) is 16.0. The van der Waals surface area contributed by atoms with Crippen molar-refractivity contribution in [2.24, 2.45) is 5.92 Å². The number of amides is 2. The van der Waals surface area contributed by atoms with Crippen LogP contribution in [0.2, 0.25) is 10.0 Å². The molecule has 15 heteroatoms. The lowest BCUT2D eigenvalue weighted by atomic mass is 9.92. The molecule has 2 atom stereocenters. The van der Waals surface area contributed by atoms with Gasteiger partial charge in [0.25, 0.3) is 0 Å². The van der Waals surface area contributed by atoms with E-state index in [1.165, 1.54) is 6.92 Å². The highest BCUT2D eigenvalue weighted by atomic mass is 35.5. The minimum atomic E-state index is -1.27. The standard InChI is InChI=1S/C27H28Cl2N6O6S/c1-16(31-24(39)14-30-23(38)11-10-17-6-3-2-4-7-17)21(36)12-18(13-25(40)41)22(37)15-35-33-27(32-34-35)42-26-19(28)8-5-9-20(26)29/h2-9,16,18H,10-15H2,1H3,(H,30,38)(H,31,39)(H,40,41). The van der Waals surface area contributed by atoms with E-state index in [9.17, 15) is 29.1 Å². The number of carboxylic acid groups (broad SMARTS) is 1. The number of hydrogen-bond acceptors (Lipinski definition) is 9. The van der Waals surface area contributed by atoms with E-state index < -0.39 is 54.8 Å². The number of aliphatic carboxylic acids is 1. The number of nitrogens with one attached hydrogen (secondary N) is 2. The number of carbonyl (C=O) groups excluding carboxylic acids is 4. The molecule has 12 nitrogen and oxygen atoms in total. The Kier molecular flexibility index (Phi) is 12.5. The molecule has 222 valence electrons. The fourth-order valence-corrected chi connectivity index (χ4v) is 5.10. The molecule has 42 heavy (non-hydrogen) atoms. The van der Waals surface area contributed by atoms with Gasteiger partial charge in [-0.3, -0.25) is 24.0 Å². The van der Waals surface area contributed by atoms with Crippen LogP contribution in [0.5, 0.6) is 0 Å². The predicted molar refractivity (Wildman–Crippen MR) is 154 cm³/mol. The number of aryl methyl sites for hydroxylation is 1. The third-order valence-corrected chi connectivity index (χ3v) is 7.80. The van der Waals surface area contributed by atoms with Gasteiger partial charge in [-0.25, -0.2) is 0 Å². The number of tetrazole rings is 1. The molecule has 1 heterocycles. The van der Waals surface area contributed by atoms with E-state index in [0.29, 0.717) is 21.4 Å². The molecule has 0 fully saturated rings. The van der Waals surface area contributed by atoms with Crippen LogP contribution in [0.4, 0.5) is 0 Å². The van der Waals surface area contributed by atoms with Crippen molar-refractivity contribution in [2.45, 2.75) is 55.2 Å². The summed E-state index contributed by atoms with van der Waals surface area (Å²) in [6.45, 7) is 0.660. The van der Waals surface area contributed by atoms with E-state index >= 15 is 0 Å². The Morgan fingerprint density at radius 1 is 0.952 bits per heavy atom. The Morgan fingerprint density at radius 3 is 2.31 bits per heavy atom. The van der Waals surface area contributed by atoms with Crippen LogP contribution in [0.3, 0.4) is 0 Å². The number of benzene rings is 2. The fourth-order valence-electron chi connectivity index (χ4n) is 3.75. The summed E-state index contributed by atoms with van der Waals surface area (Å²) < 4.78 is 0. The van der Waals surface area contributed by atoms with E-state index in [-0.39, 0.29) is 24.0 Å². The van der Waals surface area contributed by atoms with Gasteiger partial charge in [0.2, 0.25) is 17.0 Å². The number of hydrogen-bond donors (Lipinski definition) is 3. The maximum absolute atomic E-state index is 12.9. The van der Waals surface area contributed by atoms with Crippen LogP contribution in [-0.4, -0.2) is 67.3 Å². The summed E-state index contributed by atoms with van der Waals surface area (Å²) in [6.07, 6.45) is -0.322. The first kappa shape index (κ1) is 32.7. The lowest BCUT2D eigenvalue weighted by Crippen LogP contribution is -2.44. The van der Waals surface area contributed by atoms with Crippen LogP contribution < -0.4 is 10.6 Å². The van der Waals surface area contributed by atoms with Gasteiger partial charge in [0.1, 0.15) is 6.54 Å². The number of rotatable bonds is 16. The zero-order chi connectivity index (χ0) is 30.6. The van der Waals surface area contributed by atoms with Gasteiger partial charge in [0.15, 0.2) is 11.6 Å². The first-order valence-electron chi connectivity index (χ1n) is 12.8. The zero-order valence-corrected chi connectivity index (χ0v) is 24.8. The summed E-state index contributed by atoms with van der Waals surface area (Å²) >= 11 is 13.4. The number of carboxylic acids is 1. The Bertz CT molecular complexity index is 1420. The van der Waals surface area contributed by atoms with E-state index in [0.717, 1.165) is 22.1 Å². The van der Waals surface area contributed by atoms with E-state index in [2.05, 4.69) is 26.0 Å². The zero-order valence-electron chi connectivity index (χ0n) is 22.5. The van der Waals surface area contributed by atoms with Crippen LogP contribution in [0.25, 0.3) is 0 Å². The van der Waals surface area contributed by atoms with Crippen LogP contribution in [0.1, 0.15) is 31.7 Å². The highest BCUT2D eigenvalue weighted by Crippen LogP contribution is 2.36. The Balaban J connectivity index is 1.49. The van der Waals surface area contributed by atoms with E-state index in [4.69, 9.17) is 23.2 Å². The van der Waals surface area contributed by atoms with Gasteiger partial charge in [-0.15, -0.1) is 10.2 Å². The maximum Gasteiger partial charge on any atom is 0.304 e. The van der Waals surface area contributed by atoms with Crippen molar-refractivity contribution < 1.29 is 29.1 Å². The summed E-state index contributed by atoms with van der Waals surface area (Å²) in [7, 11) is 0. The SMILES string of the molecule is CC(NC(=O)CNC(=O)CCc1ccccc1)C(=O)CC(CC(=O)O)C(=O)Cn1nnc(Sc2c(Cl)cccc2Cl)n1. The topological polar surface area (TPSA) is 173 Å². The largest absolute Gasteiger partial charge is 0.481 e. The van der Waals surface area contributed by atoms with Crippen molar-refractivity contribution in [3.8, 4) is 0 Å². The first-order valence-corrected chi connectivity index (χ1v) is 14.4. The van der Waals surface area contributed by atoms with Gasteiger partial charge >= 0.3 is 5.97 Å². The van der Waals surface area contributed by atoms with Gasteiger partial charge in [0.05, 0.1) is 33.9 Å². The van der Waals surface area contributed by atoms with Crippen molar-refractivity contribution in [2.75, 3.05) is 6.54 Å². The Labute approximate surface area is 255 Å². The molecule has 0 saturated heterocycles. The molecule has 0 aliphatic carbocycles. The molecule has 0 aliphatic heterocycles. The third-order valence-electron chi connectivity index (χ3n) is 5.96. The van der Waals surface area contributed by atoms with Gasteiger partial charge in [-0.1, -0.05) is 59.6 Å². The molecular weight excluding hydrogens is 607 g/mol. The van der Waals surface area contributed by atoms with Crippen LogP contribution in [0, 0.1) is 5.92 Å². The maximum atomic E-state index is 12.9. The summed E-state index contributed by atoms with van der Waals surface area (Å²) in [5.41, 5.74) is 0.989. The molecule has 2 unspecified atom stereocenters. The number of aromatic nitrogens is 4. The molecule has 0 aliphatic rings. The normalized spacial score (nSPS) is 12.3. The summed E-state index contributed by atoms with van der Waals surface area (Å²) in [6, 6.07) is 13.4. The molecule has 0 radical (unpaired) electrons. The average Bonchev–Trinajstić information content (AvgIpc) is 3.39. The van der Waals surface area contributed by atoms with Crippen molar-refractivity contribution >= 4 is 64.3 Å². The highest BCUT2D eigenvalue weighted by molar-refractivity contribution is 7.99. The van der Waals surface area contributed by atoms with Gasteiger partial charge in [-0.05, 0) is 48.0 Å². The number of carbonyl (C=O) groups is 5. The van der Waals surface area contributed by atoms with Crippen LogP contribution in [-0.2, 0) is 36.9 Å². The van der Waals surface area contributed by atoms with Crippen LogP contribution in [0.15, 0.2) is 58.6 Å². The summed E-state index contributed by atoms with van der Waals surface area (Å²) in [5.74, 6) is -4.52. The Hall–Kier alpha value is -3.81. The minimum absolute atomic E-state index is 0.159. The van der Waals surface area contributed by atoms with Crippen molar-refractivity contribution in [3.05, 3.63) is 64.1 Å². The van der Waals surface area contributed by atoms with Gasteiger partial charge in [-0.2, -0.15) is 4.80 Å².